The van der Waals surface area contributed by atoms with Crippen LogP contribution in [0.5, 0.6) is 0 Å². The lowest BCUT2D eigenvalue weighted by Crippen LogP contribution is -2.46. The smallest absolute Gasteiger partial charge is 0.320 e. The fourth-order valence-corrected chi connectivity index (χ4v) is 8.29. The van der Waals surface area contributed by atoms with E-state index in [1.807, 2.05) is 0 Å². The van der Waals surface area contributed by atoms with Crippen LogP contribution in [-0.4, -0.2) is 100 Å². The summed E-state index contributed by atoms with van der Waals surface area (Å²) >= 11 is 0. The van der Waals surface area contributed by atoms with Gasteiger partial charge in [-0.1, -0.05) is 166 Å². The zero-order valence-electron chi connectivity index (χ0n) is 43.8. The van der Waals surface area contributed by atoms with Crippen molar-refractivity contribution in [3.63, 3.8) is 0 Å². The van der Waals surface area contributed by atoms with Gasteiger partial charge in [-0.2, -0.15) is 0 Å². The molecule has 2 unspecified atom stereocenters. The first-order chi connectivity index (χ1) is 32.5. The maximum absolute atomic E-state index is 12.9. The summed E-state index contributed by atoms with van der Waals surface area (Å²) in [5.74, 6) is -0.333. The van der Waals surface area contributed by atoms with Crippen molar-refractivity contribution in [2.45, 2.75) is 245 Å². The van der Waals surface area contributed by atoms with Gasteiger partial charge in [-0.05, 0) is 116 Å². The number of hydrogen-bond acceptors (Lipinski definition) is 8. The topological polar surface area (TPSA) is 77.5 Å². The van der Waals surface area contributed by atoms with Gasteiger partial charge in [-0.3, -0.25) is 14.5 Å². The van der Waals surface area contributed by atoms with Crippen LogP contribution in [0.2, 0.25) is 0 Å². The summed E-state index contributed by atoms with van der Waals surface area (Å²) < 4.78 is 24.1. The highest BCUT2D eigenvalue weighted by molar-refractivity contribution is 5.72. The number of nitrogens with zero attached hydrogens (tertiary/aromatic N) is 2. The first kappa shape index (κ1) is 61.8. The zero-order chi connectivity index (χ0) is 47.6. The molecule has 1 aliphatic heterocycles. The van der Waals surface area contributed by atoms with Gasteiger partial charge in [0.05, 0.1) is 13.2 Å². The number of allylic oxidation sites excluding steroid dienone is 8. The minimum absolute atomic E-state index is 0.135. The molecule has 1 rings (SSSR count). The lowest BCUT2D eigenvalue weighted by molar-refractivity contribution is -0.152. The van der Waals surface area contributed by atoms with Gasteiger partial charge in [0.1, 0.15) is 18.8 Å². The molecular weight excluding hydrogens is 821 g/mol. The van der Waals surface area contributed by atoms with E-state index in [4.69, 9.17) is 18.9 Å². The van der Waals surface area contributed by atoms with Crippen LogP contribution >= 0.6 is 0 Å². The minimum Gasteiger partial charge on any atom is -0.463 e. The molecule has 1 heterocycles. The number of carbonyl (C=O) groups excluding carboxylic acids is 2. The third-order valence-electron chi connectivity index (χ3n) is 12.7. The highest BCUT2D eigenvalue weighted by atomic mass is 16.6. The summed E-state index contributed by atoms with van der Waals surface area (Å²) in [6, 6.07) is 0. The Kier molecular flexibility index (Phi) is 46.0. The zero-order valence-corrected chi connectivity index (χ0v) is 43.8. The van der Waals surface area contributed by atoms with Crippen molar-refractivity contribution in [1.29, 1.82) is 0 Å². The maximum Gasteiger partial charge on any atom is 0.320 e. The van der Waals surface area contributed by atoms with E-state index in [1.165, 1.54) is 141 Å². The van der Waals surface area contributed by atoms with Gasteiger partial charge in [-0.25, -0.2) is 0 Å². The number of hydrogen-bond donors (Lipinski definition) is 0. The summed E-state index contributed by atoms with van der Waals surface area (Å²) in [7, 11) is 2.12. The summed E-state index contributed by atoms with van der Waals surface area (Å²) in [6.07, 6.45) is 56.0. The summed E-state index contributed by atoms with van der Waals surface area (Å²) in [5.41, 5.74) is 0. The fraction of sp³-hybridized carbons (Fsp3) is 0.828. The van der Waals surface area contributed by atoms with Crippen molar-refractivity contribution < 1.29 is 28.5 Å². The fourth-order valence-electron chi connectivity index (χ4n) is 8.29. The molecule has 0 aliphatic carbocycles. The molecular formula is C58H106N2O6. The Morgan fingerprint density at radius 3 is 1.61 bits per heavy atom. The van der Waals surface area contributed by atoms with E-state index >= 15 is 0 Å². The summed E-state index contributed by atoms with van der Waals surface area (Å²) in [5, 5.41) is 0. The number of ether oxygens (including phenoxy) is 4. The monoisotopic (exact) mass is 927 g/mol. The van der Waals surface area contributed by atoms with Crippen molar-refractivity contribution in [2.24, 2.45) is 0 Å². The van der Waals surface area contributed by atoms with E-state index in [9.17, 15) is 9.59 Å². The van der Waals surface area contributed by atoms with Gasteiger partial charge in [0.2, 0.25) is 0 Å². The highest BCUT2D eigenvalue weighted by Crippen LogP contribution is 2.16. The molecule has 0 saturated carbocycles. The second-order valence-electron chi connectivity index (χ2n) is 19.2. The molecule has 0 aromatic carbocycles. The van der Waals surface area contributed by atoms with Gasteiger partial charge < -0.3 is 23.8 Å². The molecule has 0 aromatic rings. The molecule has 0 radical (unpaired) electrons. The molecule has 1 aliphatic rings. The molecule has 8 heteroatoms. The number of unbranched alkanes of at least 4 members (excludes halogenated alkanes) is 22. The normalized spacial score (nSPS) is 15.0. The first-order valence-corrected chi connectivity index (χ1v) is 28.0. The number of rotatable bonds is 48. The SMILES string of the molecule is CC/C=C\CCC(CCCCC(=O)OCC(COCCCCCCCC/C=C\C/C=C\CCCCC)OCCCCCCCC/C=C\CCCCCCCC)OC(=O)CN1CCN(C)CC1. The van der Waals surface area contributed by atoms with E-state index in [0.29, 0.717) is 39.2 Å². The van der Waals surface area contributed by atoms with Gasteiger partial charge in [0, 0.05) is 45.8 Å². The number of carbonyl (C=O) groups is 2. The lowest BCUT2D eigenvalue weighted by Gasteiger charge is -2.31. The first-order valence-electron chi connectivity index (χ1n) is 28.0. The molecule has 1 fully saturated rings. The molecule has 0 N–H and O–H groups in total. The van der Waals surface area contributed by atoms with Crippen molar-refractivity contribution in [3.8, 4) is 0 Å². The average molecular weight is 927 g/mol. The summed E-state index contributed by atoms with van der Waals surface area (Å²) in [6.45, 7) is 12.8. The molecule has 0 aromatic heterocycles. The van der Waals surface area contributed by atoms with Crippen LogP contribution in [-0.2, 0) is 28.5 Å². The Labute approximate surface area is 408 Å². The molecule has 66 heavy (non-hydrogen) atoms. The van der Waals surface area contributed by atoms with Crippen LogP contribution < -0.4 is 0 Å². The van der Waals surface area contributed by atoms with E-state index in [1.54, 1.807) is 0 Å². The predicted molar refractivity (Wildman–Crippen MR) is 281 cm³/mol. The van der Waals surface area contributed by atoms with Crippen molar-refractivity contribution >= 4 is 11.9 Å². The number of esters is 2. The Bertz CT molecular complexity index is 1180. The van der Waals surface area contributed by atoms with Crippen LogP contribution in [0.3, 0.4) is 0 Å². The van der Waals surface area contributed by atoms with Crippen molar-refractivity contribution in [2.75, 3.05) is 66.2 Å². The second-order valence-corrected chi connectivity index (χ2v) is 19.2. The maximum atomic E-state index is 12.9. The van der Waals surface area contributed by atoms with Crippen LogP contribution in [0.1, 0.15) is 233 Å². The van der Waals surface area contributed by atoms with Crippen LogP contribution in [0.25, 0.3) is 0 Å². The summed E-state index contributed by atoms with van der Waals surface area (Å²) in [4.78, 5) is 30.2. The lowest BCUT2D eigenvalue weighted by atomic mass is 10.1. The Morgan fingerprint density at radius 2 is 1.00 bits per heavy atom. The van der Waals surface area contributed by atoms with Gasteiger partial charge in [0.15, 0.2) is 0 Å². The highest BCUT2D eigenvalue weighted by Gasteiger charge is 2.20. The third-order valence-corrected chi connectivity index (χ3v) is 12.7. The Balaban J connectivity index is 2.39. The average Bonchev–Trinajstić information content (AvgIpc) is 3.31. The van der Waals surface area contributed by atoms with Gasteiger partial charge in [0.25, 0.3) is 0 Å². The molecule has 384 valence electrons. The largest absolute Gasteiger partial charge is 0.463 e. The predicted octanol–water partition coefficient (Wildman–Crippen LogP) is 15.2. The van der Waals surface area contributed by atoms with Crippen molar-refractivity contribution in [3.05, 3.63) is 48.6 Å². The molecule has 2 atom stereocenters. The molecule has 0 bridgehead atoms. The number of piperazine rings is 1. The van der Waals surface area contributed by atoms with Gasteiger partial charge >= 0.3 is 11.9 Å². The minimum atomic E-state index is -0.248. The van der Waals surface area contributed by atoms with Gasteiger partial charge in [-0.15, -0.1) is 0 Å². The van der Waals surface area contributed by atoms with Crippen LogP contribution in [0.4, 0.5) is 0 Å². The van der Waals surface area contributed by atoms with Crippen molar-refractivity contribution in [1.82, 2.24) is 9.80 Å². The Morgan fingerprint density at radius 1 is 0.485 bits per heavy atom. The van der Waals surface area contributed by atoms with Crippen LogP contribution in [0, 0.1) is 0 Å². The van der Waals surface area contributed by atoms with E-state index in [0.717, 1.165) is 84.0 Å². The quantitative estimate of drug-likeness (QED) is 0.0339. The Hall–Kier alpha value is -2.26. The molecule has 8 nitrogen and oxygen atoms in total. The van der Waals surface area contributed by atoms with E-state index < -0.39 is 0 Å². The third kappa shape index (κ3) is 43.0. The molecule has 0 amide bonds. The van der Waals surface area contributed by atoms with E-state index in [-0.39, 0.29) is 30.8 Å². The molecule has 1 saturated heterocycles. The second kappa shape index (κ2) is 49.2. The number of likely N-dealkylation sites (N-methyl/N-ethyl adjacent to an activating group) is 1. The van der Waals surface area contributed by atoms with E-state index in [2.05, 4.69) is 86.2 Å². The van der Waals surface area contributed by atoms with Crippen LogP contribution in [0.15, 0.2) is 48.6 Å². The standard InChI is InChI=1S/C58H106N2O6/c1-5-8-11-14-16-18-20-22-24-26-28-30-32-34-36-41-50-63-53-56(64-51-42-37-35-33-31-29-27-25-23-21-19-17-15-12-9-6-2)54-65-57(61)45-40-39-44-55(43-38-13-10-7-3)66-58(62)52-60-48-46-59(4)47-49-60/h10,13,16,18,22-25,55-56H,5-9,11-12,14-15,17,19-21,26-54H2,1-4H3/b13-10-,18-16-,24-22-,25-23-. The molecule has 0 spiro atoms.